The normalized spacial score (nSPS) is 23.2. The maximum atomic E-state index is 10.6. The Labute approximate surface area is 153 Å². The van der Waals surface area contributed by atoms with Crippen molar-refractivity contribution in [2.45, 2.75) is 39.2 Å². The fourth-order valence-electron chi connectivity index (χ4n) is 3.00. The maximum absolute atomic E-state index is 10.6. The van der Waals surface area contributed by atoms with Crippen LogP contribution in [-0.4, -0.2) is 35.1 Å². The zero-order valence-corrected chi connectivity index (χ0v) is 15.4. The standard InChI is InChI=1S/C18H25N3O3S/c1-12-6-5-8-15(13(12)2)20-18(25)21-19-10-14-7-3-4-9-16(14)24-11-17(22)23/h3-4,7,9-10,12-13,15H,5-6,8,11H2,1-2H3,(H,22,23)(H2,20,21,25)/b19-10-/t12-,13+,15+/m0/s1. The van der Waals surface area contributed by atoms with Crippen molar-refractivity contribution >= 4 is 29.5 Å². The molecular weight excluding hydrogens is 338 g/mol. The number of ether oxygens (including phenoxy) is 1. The van der Waals surface area contributed by atoms with Gasteiger partial charge >= 0.3 is 5.97 Å². The molecule has 3 N–H and O–H groups in total. The van der Waals surface area contributed by atoms with E-state index >= 15 is 0 Å². The van der Waals surface area contributed by atoms with Crippen LogP contribution >= 0.6 is 12.2 Å². The van der Waals surface area contributed by atoms with Crippen molar-refractivity contribution < 1.29 is 14.6 Å². The van der Waals surface area contributed by atoms with Gasteiger partial charge in [0, 0.05) is 11.6 Å². The minimum Gasteiger partial charge on any atom is -0.481 e. The van der Waals surface area contributed by atoms with E-state index in [1.807, 2.05) is 6.07 Å². The Bertz CT molecular complexity index is 636. The fourth-order valence-corrected chi connectivity index (χ4v) is 3.21. The van der Waals surface area contributed by atoms with Gasteiger partial charge in [0.25, 0.3) is 0 Å². The zero-order valence-electron chi connectivity index (χ0n) is 14.6. The van der Waals surface area contributed by atoms with Crippen LogP contribution in [0, 0.1) is 11.8 Å². The van der Waals surface area contributed by atoms with Crippen LogP contribution in [0.15, 0.2) is 29.4 Å². The summed E-state index contributed by atoms with van der Waals surface area (Å²) in [6, 6.07) is 7.47. The van der Waals surface area contributed by atoms with Gasteiger partial charge in [0.2, 0.25) is 0 Å². The number of thiocarbonyl (C=S) groups is 1. The molecule has 0 radical (unpaired) electrons. The van der Waals surface area contributed by atoms with Crippen molar-refractivity contribution in [2.24, 2.45) is 16.9 Å². The summed E-state index contributed by atoms with van der Waals surface area (Å²) in [5.74, 6) is 0.702. The van der Waals surface area contributed by atoms with Gasteiger partial charge in [-0.25, -0.2) is 4.79 Å². The third-order valence-corrected chi connectivity index (χ3v) is 4.87. The Morgan fingerprint density at radius 2 is 2.16 bits per heavy atom. The number of rotatable bonds is 6. The molecular formula is C18H25N3O3S. The fraction of sp³-hybridized carbons (Fsp3) is 0.500. The molecule has 0 heterocycles. The second kappa shape index (κ2) is 9.36. The molecule has 2 rings (SSSR count). The molecule has 1 aromatic carbocycles. The van der Waals surface area contributed by atoms with Gasteiger partial charge in [0.05, 0.1) is 6.21 Å². The summed E-state index contributed by atoms with van der Waals surface area (Å²) in [4.78, 5) is 10.6. The highest BCUT2D eigenvalue weighted by molar-refractivity contribution is 7.80. The Morgan fingerprint density at radius 1 is 1.40 bits per heavy atom. The number of benzene rings is 1. The molecule has 1 fully saturated rings. The van der Waals surface area contributed by atoms with Gasteiger partial charge in [-0.15, -0.1) is 0 Å². The van der Waals surface area contributed by atoms with Crippen LogP contribution in [0.4, 0.5) is 0 Å². The molecule has 0 saturated heterocycles. The topological polar surface area (TPSA) is 83.0 Å². The Hall–Kier alpha value is -2.15. The number of carbonyl (C=O) groups is 1. The minimum absolute atomic E-state index is 0.366. The Morgan fingerprint density at radius 3 is 2.92 bits per heavy atom. The van der Waals surface area contributed by atoms with E-state index in [9.17, 15) is 4.79 Å². The summed E-state index contributed by atoms with van der Waals surface area (Å²) in [6.45, 7) is 4.14. The maximum Gasteiger partial charge on any atom is 0.341 e. The number of carboxylic acid groups (broad SMARTS) is 1. The molecule has 1 aliphatic rings. The number of hydrogen-bond donors (Lipinski definition) is 3. The molecule has 1 aromatic rings. The monoisotopic (exact) mass is 363 g/mol. The number of hydrazone groups is 1. The first-order valence-electron chi connectivity index (χ1n) is 8.50. The van der Waals surface area contributed by atoms with Crippen LogP contribution in [0.1, 0.15) is 38.7 Å². The summed E-state index contributed by atoms with van der Waals surface area (Å²) in [5, 5.41) is 16.7. The van der Waals surface area contributed by atoms with Crippen LogP contribution in [0.25, 0.3) is 0 Å². The highest BCUT2D eigenvalue weighted by atomic mass is 32.1. The predicted molar refractivity (Wildman–Crippen MR) is 102 cm³/mol. The van der Waals surface area contributed by atoms with Crippen molar-refractivity contribution in [3.05, 3.63) is 29.8 Å². The van der Waals surface area contributed by atoms with E-state index in [0.717, 1.165) is 6.42 Å². The average molecular weight is 363 g/mol. The van der Waals surface area contributed by atoms with Crippen LogP contribution in [0.5, 0.6) is 5.75 Å². The van der Waals surface area contributed by atoms with Gasteiger partial charge in [-0.1, -0.05) is 38.8 Å². The van der Waals surface area contributed by atoms with Gasteiger partial charge in [-0.2, -0.15) is 5.10 Å². The lowest BCUT2D eigenvalue weighted by molar-refractivity contribution is -0.139. The zero-order chi connectivity index (χ0) is 18.2. The highest BCUT2D eigenvalue weighted by Crippen LogP contribution is 2.29. The van der Waals surface area contributed by atoms with Crippen LogP contribution < -0.4 is 15.5 Å². The molecule has 1 saturated carbocycles. The molecule has 0 spiro atoms. The lowest BCUT2D eigenvalue weighted by Crippen LogP contribution is -2.46. The van der Waals surface area contributed by atoms with E-state index in [-0.39, 0.29) is 0 Å². The van der Waals surface area contributed by atoms with Gasteiger partial charge < -0.3 is 15.2 Å². The first-order chi connectivity index (χ1) is 12.0. The summed E-state index contributed by atoms with van der Waals surface area (Å²) in [7, 11) is 0. The van der Waals surface area contributed by atoms with Gasteiger partial charge in [-0.3, -0.25) is 5.43 Å². The van der Waals surface area contributed by atoms with Crippen molar-refractivity contribution in [1.82, 2.24) is 10.7 Å². The van der Waals surface area contributed by atoms with E-state index in [4.69, 9.17) is 22.1 Å². The number of aliphatic carboxylic acids is 1. The summed E-state index contributed by atoms with van der Waals surface area (Å²) in [6.07, 6.45) is 5.16. The number of nitrogens with one attached hydrogen (secondary N) is 2. The molecule has 3 atom stereocenters. The molecule has 7 heteroatoms. The number of nitrogens with zero attached hydrogens (tertiary/aromatic N) is 1. The lowest BCUT2D eigenvalue weighted by Gasteiger charge is -2.35. The van der Waals surface area contributed by atoms with E-state index in [2.05, 4.69) is 29.7 Å². The van der Waals surface area contributed by atoms with Crippen LogP contribution in [-0.2, 0) is 4.79 Å². The number of carboxylic acids is 1. The largest absolute Gasteiger partial charge is 0.481 e. The van der Waals surface area contributed by atoms with Crippen LogP contribution in [0.3, 0.4) is 0 Å². The van der Waals surface area contributed by atoms with Crippen molar-refractivity contribution in [2.75, 3.05) is 6.61 Å². The Balaban J connectivity index is 1.88. The van der Waals surface area contributed by atoms with Crippen LogP contribution in [0.2, 0.25) is 0 Å². The third-order valence-electron chi connectivity index (χ3n) is 4.66. The molecule has 25 heavy (non-hydrogen) atoms. The number of para-hydroxylation sites is 1. The average Bonchev–Trinajstić information content (AvgIpc) is 2.58. The van der Waals surface area contributed by atoms with Crippen molar-refractivity contribution in [3.8, 4) is 5.75 Å². The number of hydrogen-bond acceptors (Lipinski definition) is 4. The molecule has 0 bridgehead atoms. The third kappa shape index (κ3) is 6.01. The Kier molecular flexibility index (Phi) is 7.18. The van der Waals surface area contributed by atoms with E-state index in [0.29, 0.717) is 34.3 Å². The second-order valence-corrected chi connectivity index (χ2v) is 6.85. The highest BCUT2D eigenvalue weighted by Gasteiger charge is 2.27. The SMILES string of the molecule is C[C@@H]1[C@@H](C)CCC[C@H]1NC(=S)N/N=C\c1ccccc1OCC(=O)O. The minimum atomic E-state index is -1.02. The molecule has 0 aliphatic heterocycles. The smallest absolute Gasteiger partial charge is 0.341 e. The molecule has 136 valence electrons. The van der Waals surface area contributed by atoms with Gasteiger partial charge in [-0.05, 0) is 42.6 Å². The van der Waals surface area contributed by atoms with Crippen molar-refractivity contribution in [1.29, 1.82) is 0 Å². The molecule has 1 aliphatic carbocycles. The first-order valence-corrected chi connectivity index (χ1v) is 8.91. The van der Waals surface area contributed by atoms with Gasteiger partial charge in [0.1, 0.15) is 5.75 Å². The van der Waals surface area contributed by atoms with Gasteiger partial charge in [0.15, 0.2) is 11.7 Å². The first kappa shape index (κ1) is 19.2. The molecule has 0 aromatic heterocycles. The quantitative estimate of drug-likeness (QED) is 0.410. The predicted octanol–water partition coefficient (Wildman–Crippen LogP) is 2.77. The molecule has 0 unspecified atom stereocenters. The summed E-state index contributed by atoms with van der Waals surface area (Å²) in [5.41, 5.74) is 3.50. The van der Waals surface area contributed by atoms with E-state index in [1.54, 1.807) is 24.4 Å². The van der Waals surface area contributed by atoms with Crippen molar-refractivity contribution in [3.63, 3.8) is 0 Å². The lowest BCUT2D eigenvalue weighted by atomic mass is 9.78. The van der Waals surface area contributed by atoms with E-state index < -0.39 is 12.6 Å². The molecule has 6 nitrogen and oxygen atoms in total. The summed E-state index contributed by atoms with van der Waals surface area (Å²) < 4.78 is 5.24. The summed E-state index contributed by atoms with van der Waals surface area (Å²) >= 11 is 5.32. The second-order valence-electron chi connectivity index (χ2n) is 6.44. The molecule has 0 amide bonds. The van der Waals surface area contributed by atoms with E-state index in [1.165, 1.54) is 12.8 Å².